The van der Waals surface area contributed by atoms with Crippen LogP contribution in [0.1, 0.15) is 71.9 Å². The topological polar surface area (TPSA) is 128 Å². The predicted octanol–water partition coefficient (Wildman–Crippen LogP) is 7.71. The number of carbonyl (C=O) groups is 1. The van der Waals surface area contributed by atoms with Crippen LogP contribution in [0.4, 0.5) is 0 Å². The van der Waals surface area contributed by atoms with Crippen LogP contribution >= 0.6 is 11.6 Å². The van der Waals surface area contributed by atoms with Crippen LogP contribution in [0.25, 0.3) is 11.1 Å². The van der Waals surface area contributed by atoms with Gasteiger partial charge in [0.05, 0.1) is 23.3 Å². The summed E-state index contributed by atoms with van der Waals surface area (Å²) >= 11 is 6.86. The van der Waals surface area contributed by atoms with E-state index in [1.807, 2.05) is 29.2 Å². The molecule has 4 aromatic rings. The molecule has 2 aliphatic heterocycles. The lowest BCUT2D eigenvalue weighted by atomic mass is 9.93. The van der Waals surface area contributed by atoms with Gasteiger partial charge in [0, 0.05) is 49.2 Å². The number of nitrogens with zero attached hydrogens (tertiary/aromatic N) is 4. The molecule has 3 aromatic carbocycles. The van der Waals surface area contributed by atoms with Gasteiger partial charge in [-0.05, 0) is 105 Å². The number of halogens is 1. The number of β-amino-alcohol motifs (C(OH)–C–C–N with tert-alkyl or cyclic N) is 1. The number of aromatic nitrogens is 1. The van der Waals surface area contributed by atoms with E-state index < -0.39 is 12.0 Å². The Morgan fingerprint density at radius 3 is 2.50 bits per heavy atom. The molecule has 1 aromatic heterocycles. The summed E-state index contributed by atoms with van der Waals surface area (Å²) in [5.41, 5.74) is 7.27. The van der Waals surface area contributed by atoms with Crippen molar-refractivity contribution in [1.29, 1.82) is 5.26 Å². The molecule has 3 heterocycles. The second kappa shape index (κ2) is 18.6. The van der Waals surface area contributed by atoms with Gasteiger partial charge in [-0.15, -0.1) is 0 Å². The number of hydrogen-bond acceptors (Lipinski definition) is 9. The van der Waals surface area contributed by atoms with Gasteiger partial charge in [-0.3, -0.25) is 14.7 Å². The Kier molecular flexibility index (Phi) is 13.4. The van der Waals surface area contributed by atoms with Crippen molar-refractivity contribution in [2.75, 3.05) is 32.8 Å². The van der Waals surface area contributed by atoms with Crippen LogP contribution in [0.15, 0.2) is 67.0 Å². The molecule has 0 bridgehead atoms. The fourth-order valence-electron chi connectivity index (χ4n) is 7.47. The van der Waals surface area contributed by atoms with E-state index in [4.69, 9.17) is 25.8 Å². The molecule has 0 spiro atoms. The summed E-state index contributed by atoms with van der Waals surface area (Å²) in [6, 6.07) is 19.2. The maximum absolute atomic E-state index is 12.1. The van der Waals surface area contributed by atoms with E-state index in [1.54, 1.807) is 24.4 Å². The van der Waals surface area contributed by atoms with Crippen LogP contribution in [0.3, 0.4) is 0 Å². The first-order valence-corrected chi connectivity index (χ1v) is 19.2. The number of aliphatic carboxylic acids is 1. The second-order valence-electron chi connectivity index (χ2n) is 14.3. The summed E-state index contributed by atoms with van der Waals surface area (Å²) in [5.74, 6) is 1.00. The molecule has 2 N–H and O–H groups in total. The summed E-state index contributed by atoms with van der Waals surface area (Å²) < 4.78 is 19.0. The molecule has 0 radical (unpaired) electrons. The Morgan fingerprint density at radius 1 is 0.907 bits per heavy atom. The van der Waals surface area contributed by atoms with Crippen LogP contribution in [0, 0.1) is 25.2 Å². The zero-order valence-electron chi connectivity index (χ0n) is 31.1. The SMILES string of the molecule is Cc1c(COc2cc(OCc3cncc(C#N)c3)c(CN3CCCC[C@H]3C(=O)O)cc2Cl)cccc1-c1cccc(OCCCN2CCCC(O)C2)c1C. The summed E-state index contributed by atoms with van der Waals surface area (Å²) in [5, 5.41) is 29.6. The summed E-state index contributed by atoms with van der Waals surface area (Å²) in [6.07, 6.45) is 8.13. The van der Waals surface area contributed by atoms with Crippen LogP contribution in [0.2, 0.25) is 5.02 Å². The number of nitriles is 1. The van der Waals surface area contributed by atoms with Crippen LogP contribution < -0.4 is 14.2 Å². The van der Waals surface area contributed by atoms with Gasteiger partial charge in [0.1, 0.15) is 42.6 Å². The molecule has 2 fully saturated rings. The lowest BCUT2D eigenvalue weighted by molar-refractivity contribution is -0.144. The predicted molar refractivity (Wildman–Crippen MR) is 208 cm³/mol. The van der Waals surface area contributed by atoms with Gasteiger partial charge in [-0.2, -0.15) is 5.26 Å². The van der Waals surface area contributed by atoms with E-state index in [0.717, 1.165) is 96.4 Å². The van der Waals surface area contributed by atoms with Crippen molar-refractivity contribution in [2.45, 2.75) is 84.3 Å². The average Bonchev–Trinajstić information content (AvgIpc) is 3.17. The summed E-state index contributed by atoms with van der Waals surface area (Å²) in [6.45, 7) is 8.91. The minimum absolute atomic E-state index is 0.158. The number of aliphatic hydroxyl groups excluding tert-OH is 1. The highest BCUT2D eigenvalue weighted by atomic mass is 35.5. The Balaban J connectivity index is 1.17. The van der Waals surface area contributed by atoms with Crippen LogP contribution in [-0.2, 0) is 24.6 Å². The van der Waals surface area contributed by atoms with E-state index in [1.165, 1.54) is 6.20 Å². The van der Waals surface area contributed by atoms with Crippen molar-refractivity contribution < 1.29 is 29.2 Å². The molecule has 284 valence electrons. The number of benzene rings is 3. The normalized spacial score (nSPS) is 17.8. The minimum Gasteiger partial charge on any atom is -0.493 e. The molecule has 2 atom stereocenters. The molecule has 11 heteroatoms. The van der Waals surface area contributed by atoms with E-state index in [-0.39, 0.29) is 19.3 Å². The molecule has 0 aliphatic carbocycles. The first-order valence-electron chi connectivity index (χ1n) is 18.8. The smallest absolute Gasteiger partial charge is 0.320 e. The Labute approximate surface area is 322 Å². The Morgan fingerprint density at radius 2 is 1.70 bits per heavy atom. The first-order chi connectivity index (χ1) is 26.2. The highest BCUT2D eigenvalue weighted by molar-refractivity contribution is 6.32. The van der Waals surface area contributed by atoms with Crippen molar-refractivity contribution in [3.8, 4) is 34.4 Å². The third-order valence-corrected chi connectivity index (χ3v) is 10.8. The van der Waals surface area contributed by atoms with Gasteiger partial charge in [-0.25, -0.2) is 0 Å². The minimum atomic E-state index is -0.833. The highest BCUT2D eigenvalue weighted by Gasteiger charge is 2.29. The number of carboxylic acid groups (broad SMARTS) is 1. The fraction of sp³-hybridized carbons (Fsp3) is 0.419. The fourth-order valence-corrected chi connectivity index (χ4v) is 7.71. The van der Waals surface area contributed by atoms with E-state index in [0.29, 0.717) is 48.2 Å². The number of rotatable bonds is 15. The largest absolute Gasteiger partial charge is 0.493 e. The van der Waals surface area contributed by atoms with Gasteiger partial charge in [0.2, 0.25) is 0 Å². The van der Waals surface area contributed by atoms with Gasteiger partial charge in [0.15, 0.2) is 0 Å². The Hall–Kier alpha value is -4.66. The quantitative estimate of drug-likeness (QED) is 0.117. The number of piperidine rings is 2. The second-order valence-corrected chi connectivity index (χ2v) is 14.7. The van der Waals surface area contributed by atoms with Crippen molar-refractivity contribution in [1.82, 2.24) is 14.8 Å². The number of likely N-dealkylation sites (tertiary alicyclic amines) is 2. The number of pyridine rings is 1. The van der Waals surface area contributed by atoms with Gasteiger partial charge < -0.3 is 29.3 Å². The van der Waals surface area contributed by atoms with Crippen molar-refractivity contribution in [3.05, 3.63) is 105 Å². The van der Waals surface area contributed by atoms with Crippen molar-refractivity contribution in [2.24, 2.45) is 0 Å². The molecule has 2 aliphatic rings. The zero-order chi connectivity index (χ0) is 38.0. The standard InChI is InChI=1S/C43H49ClN4O6/c1-29-33(9-5-11-36(29)37-12-6-14-40(30(37)2)52-18-8-16-47-15-7-10-35(49)26-47)28-54-42-21-41(53-27-32-19-31(22-45)23-46-24-32)34(20-38(42)44)25-48-17-4-3-13-39(48)43(50)51/h5-6,9,11-12,14,19-21,23-24,35,39,49H,3-4,7-8,10,13,15-18,25-28H2,1-2H3,(H,50,51)/t35?,39-/m0/s1. The monoisotopic (exact) mass is 752 g/mol. The van der Waals surface area contributed by atoms with Gasteiger partial charge in [-0.1, -0.05) is 48.4 Å². The average molecular weight is 753 g/mol. The van der Waals surface area contributed by atoms with Crippen molar-refractivity contribution in [3.63, 3.8) is 0 Å². The van der Waals surface area contributed by atoms with Crippen LogP contribution in [0.5, 0.6) is 17.2 Å². The van der Waals surface area contributed by atoms with E-state index in [2.05, 4.69) is 41.9 Å². The molecule has 0 saturated carbocycles. The number of aliphatic hydroxyl groups is 1. The van der Waals surface area contributed by atoms with Crippen LogP contribution in [-0.4, -0.2) is 75.9 Å². The summed E-state index contributed by atoms with van der Waals surface area (Å²) in [4.78, 5) is 20.5. The van der Waals surface area contributed by atoms with E-state index >= 15 is 0 Å². The lowest BCUT2D eigenvalue weighted by Gasteiger charge is -2.33. The maximum Gasteiger partial charge on any atom is 0.320 e. The zero-order valence-corrected chi connectivity index (χ0v) is 31.9. The molecular formula is C43H49ClN4O6. The lowest BCUT2D eigenvalue weighted by Crippen LogP contribution is -2.44. The van der Waals surface area contributed by atoms with Crippen molar-refractivity contribution >= 4 is 17.6 Å². The third kappa shape index (κ3) is 9.90. The van der Waals surface area contributed by atoms with Gasteiger partial charge in [0.25, 0.3) is 0 Å². The Bertz CT molecular complexity index is 1970. The third-order valence-electron chi connectivity index (χ3n) is 10.5. The molecule has 10 nitrogen and oxygen atoms in total. The molecule has 0 amide bonds. The first kappa shape index (κ1) is 39.0. The number of carboxylic acids is 1. The molecule has 54 heavy (non-hydrogen) atoms. The maximum atomic E-state index is 12.1. The molecule has 6 rings (SSSR count). The van der Waals surface area contributed by atoms with Gasteiger partial charge >= 0.3 is 5.97 Å². The molecular weight excluding hydrogens is 704 g/mol. The summed E-state index contributed by atoms with van der Waals surface area (Å²) in [7, 11) is 0. The number of hydrogen-bond donors (Lipinski definition) is 2. The molecule has 1 unspecified atom stereocenters. The van der Waals surface area contributed by atoms with E-state index in [9.17, 15) is 20.3 Å². The number of ether oxygens (including phenoxy) is 3. The molecule has 2 saturated heterocycles. The highest BCUT2D eigenvalue weighted by Crippen LogP contribution is 2.37.